The molecule has 0 saturated carbocycles. The van der Waals surface area contributed by atoms with Gasteiger partial charge in [0.1, 0.15) is 12.2 Å². The summed E-state index contributed by atoms with van der Waals surface area (Å²) in [5.74, 6) is -0.830. The van der Waals surface area contributed by atoms with Crippen LogP contribution >= 0.6 is 11.6 Å². The molecule has 180 valence electrons. The highest BCUT2D eigenvalue weighted by Gasteiger charge is 2.34. The minimum absolute atomic E-state index is 0.0416. The monoisotopic (exact) mass is 502 g/mol. The molecule has 0 radical (unpaired) electrons. The van der Waals surface area contributed by atoms with E-state index >= 15 is 0 Å². The lowest BCUT2D eigenvalue weighted by molar-refractivity contribution is -0.118. The average Bonchev–Trinajstić information content (AvgIpc) is 3.26. The zero-order valence-corrected chi connectivity index (χ0v) is 19.0. The predicted octanol–water partition coefficient (Wildman–Crippen LogP) is 6.04. The number of anilines is 2. The summed E-state index contributed by atoms with van der Waals surface area (Å²) in [4.78, 5) is 29.5. The summed E-state index contributed by atoms with van der Waals surface area (Å²) in [5, 5.41) is 2.88. The van der Waals surface area contributed by atoms with Crippen LogP contribution in [0, 0.1) is 0 Å². The summed E-state index contributed by atoms with van der Waals surface area (Å²) in [6.45, 7) is -1.46. The summed E-state index contributed by atoms with van der Waals surface area (Å²) >= 11 is 5.85. The molecule has 0 aliphatic carbocycles. The van der Waals surface area contributed by atoms with Crippen molar-refractivity contribution < 1.29 is 27.5 Å². The van der Waals surface area contributed by atoms with Crippen LogP contribution in [-0.2, 0) is 4.74 Å². The summed E-state index contributed by atoms with van der Waals surface area (Å²) in [5.41, 5.74) is 2.44. The van der Waals surface area contributed by atoms with Crippen molar-refractivity contribution in [2.24, 2.45) is 0 Å². The molecule has 0 aliphatic rings. The largest absolute Gasteiger partial charge is 0.453 e. The van der Waals surface area contributed by atoms with Crippen molar-refractivity contribution in [2.45, 2.75) is 6.18 Å². The molecule has 4 rings (SSSR count). The molecule has 0 aliphatic heterocycles. The van der Waals surface area contributed by atoms with E-state index in [1.54, 1.807) is 40.9 Å². The maximum Gasteiger partial charge on any atom is 0.411 e. The van der Waals surface area contributed by atoms with Gasteiger partial charge in [-0.1, -0.05) is 23.7 Å². The molecule has 2 heterocycles. The molecule has 2 amide bonds. The molecule has 0 spiro atoms. The number of hydrogen-bond donors (Lipinski definition) is 1. The van der Waals surface area contributed by atoms with Crippen LogP contribution in [-0.4, -0.2) is 41.2 Å². The molecule has 4 aromatic rings. The van der Waals surface area contributed by atoms with Crippen LogP contribution < -0.4 is 10.2 Å². The van der Waals surface area contributed by atoms with Gasteiger partial charge in [-0.15, -0.1) is 0 Å². The van der Waals surface area contributed by atoms with Crippen LogP contribution in [0.25, 0.3) is 16.9 Å². The average molecular weight is 503 g/mol. The van der Waals surface area contributed by atoms with Crippen LogP contribution in [0.1, 0.15) is 10.4 Å². The van der Waals surface area contributed by atoms with Gasteiger partial charge in [-0.25, -0.2) is 9.78 Å². The number of fused-ring (bicyclic) bond motifs is 1. The maximum absolute atomic E-state index is 13.3. The van der Waals surface area contributed by atoms with E-state index in [1.165, 1.54) is 43.6 Å². The standard InChI is InChI=1S/C24H18ClF3N4O3/c1-35-23(34)30-18-7-2-15(3-8-18)20-12-29-21-11-4-16(13-31(20)21)22(33)32(14-24(26,27)28)19-9-5-17(25)6-10-19/h2-13H,14H2,1H3,(H,30,34). The fourth-order valence-corrected chi connectivity index (χ4v) is 3.58. The first kappa shape index (κ1) is 24.1. The Bertz CT molecular complexity index is 1370. The fraction of sp³-hybridized carbons (Fsp3) is 0.125. The summed E-state index contributed by atoms with van der Waals surface area (Å²) in [6.07, 6.45) is -2.20. The van der Waals surface area contributed by atoms with Crippen molar-refractivity contribution in [1.82, 2.24) is 9.38 Å². The number of aromatic nitrogens is 2. The molecule has 1 N–H and O–H groups in total. The van der Waals surface area contributed by atoms with Gasteiger partial charge in [0.15, 0.2) is 0 Å². The third-order valence-corrected chi connectivity index (χ3v) is 5.34. The Morgan fingerprint density at radius 2 is 1.74 bits per heavy atom. The Labute approximate surface area is 202 Å². The van der Waals surface area contributed by atoms with Crippen molar-refractivity contribution in [2.75, 3.05) is 23.9 Å². The van der Waals surface area contributed by atoms with Gasteiger partial charge >= 0.3 is 12.3 Å². The second-order valence-corrected chi connectivity index (χ2v) is 7.90. The number of amides is 2. The molecular weight excluding hydrogens is 485 g/mol. The lowest BCUT2D eigenvalue weighted by atomic mass is 10.1. The van der Waals surface area contributed by atoms with E-state index in [4.69, 9.17) is 11.6 Å². The summed E-state index contributed by atoms with van der Waals surface area (Å²) < 4.78 is 46.1. The van der Waals surface area contributed by atoms with Gasteiger partial charge in [0.25, 0.3) is 5.91 Å². The van der Waals surface area contributed by atoms with Gasteiger partial charge in [-0.2, -0.15) is 13.2 Å². The number of pyridine rings is 1. The molecule has 0 saturated heterocycles. The first-order valence-corrected chi connectivity index (χ1v) is 10.6. The van der Waals surface area contributed by atoms with Crippen LogP contribution in [0.15, 0.2) is 73.1 Å². The highest BCUT2D eigenvalue weighted by atomic mass is 35.5. The number of carbonyl (C=O) groups excluding carboxylic acids is 2. The molecular formula is C24H18ClF3N4O3. The number of ether oxygens (including phenoxy) is 1. The number of nitrogens with zero attached hydrogens (tertiary/aromatic N) is 3. The van der Waals surface area contributed by atoms with Gasteiger partial charge in [0.2, 0.25) is 0 Å². The lowest BCUT2D eigenvalue weighted by Crippen LogP contribution is -2.39. The maximum atomic E-state index is 13.3. The van der Waals surface area contributed by atoms with Crippen LogP contribution in [0.4, 0.5) is 29.3 Å². The highest BCUT2D eigenvalue weighted by molar-refractivity contribution is 6.30. The Balaban J connectivity index is 1.69. The third-order valence-electron chi connectivity index (χ3n) is 5.09. The number of alkyl halides is 3. The molecule has 0 fully saturated rings. The van der Waals surface area contributed by atoms with E-state index in [2.05, 4.69) is 15.0 Å². The number of carbonyl (C=O) groups is 2. The fourth-order valence-electron chi connectivity index (χ4n) is 3.45. The van der Waals surface area contributed by atoms with E-state index in [0.29, 0.717) is 32.5 Å². The first-order valence-electron chi connectivity index (χ1n) is 10.2. The highest BCUT2D eigenvalue weighted by Crippen LogP contribution is 2.27. The van der Waals surface area contributed by atoms with E-state index in [9.17, 15) is 22.8 Å². The Kier molecular flexibility index (Phi) is 6.65. The Morgan fingerprint density at radius 1 is 1.06 bits per heavy atom. The number of imidazole rings is 1. The second kappa shape index (κ2) is 9.67. The summed E-state index contributed by atoms with van der Waals surface area (Å²) in [7, 11) is 1.25. The molecule has 0 unspecified atom stereocenters. The van der Waals surface area contributed by atoms with E-state index in [1.807, 2.05) is 0 Å². The van der Waals surface area contributed by atoms with Crippen molar-refractivity contribution in [1.29, 1.82) is 0 Å². The predicted molar refractivity (Wildman–Crippen MR) is 126 cm³/mol. The number of halogens is 4. The topological polar surface area (TPSA) is 75.9 Å². The van der Waals surface area contributed by atoms with E-state index < -0.39 is 24.7 Å². The van der Waals surface area contributed by atoms with Crippen LogP contribution in [0.5, 0.6) is 0 Å². The number of rotatable bonds is 5. The molecule has 2 aromatic heterocycles. The van der Waals surface area contributed by atoms with Crippen LogP contribution in [0.2, 0.25) is 5.02 Å². The summed E-state index contributed by atoms with van der Waals surface area (Å²) in [6, 6.07) is 15.3. The zero-order chi connectivity index (χ0) is 25.2. The van der Waals surface area contributed by atoms with Crippen molar-refractivity contribution in [3.05, 3.63) is 83.6 Å². The molecule has 35 heavy (non-hydrogen) atoms. The van der Waals surface area contributed by atoms with E-state index in [0.717, 1.165) is 0 Å². The molecule has 0 atom stereocenters. The van der Waals surface area contributed by atoms with Gasteiger partial charge in [0.05, 0.1) is 24.6 Å². The van der Waals surface area contributed by atoms with Crippen molar-refractivity contribution in [3.8, 4) is 11.3 Å². The minimum atomic E-state index is -4.61. The van der Waals surface area contributed by atoms with Gasteiger partial charge in [-0.3, -0.25) is 19.4 Å². The quantitative estimate of drug-likeness (QED) is 0.361. The minimum Gasteiger partial charge on any atom is -0.453 e. The zero-order valence-electron chi connectivity index (χ0n) is 18.2. The Morgan fingerprint density at radius 3 is 2.37 bits per heavy atom. The Hall–Kier alpha value is -4.05. The van der Waals surface area contributed by atoms with E-state index in [-0.39, 0.29) is 11.3 Å². The first-order chi connectivity index (χ1) is 16.6. The number of methoxy groups -OCH3 is 1. The second-order valence-electron chi connectivity index (χ2n) is 7.47. The van der Waals surface area contributed by atoms with Crippen molar-refractivity contribution in [3.63, 3.8) is 0 Å². The molecule has 11 heteroatoms. The van der Waals surface area contributed by atoms with Gasteiger partial charge in [0, 0.05) is 28.2 Å². The molecule has 0 bridgehead atoms. The van der Waals surface area contributed by atoms with Gasteiger partial charge in [-0.05, 0) is 48.5 Å². The SMILES string of the molecule is COC(=O)Nc1ccc(-c2cnc3ccc(C(=O)N(CC(F)(F)F)c4ccc(Cl)cc4)cn23)cc1. The number of hydrogen-bond acceptors (Lipinski definition) is 4. The number of nitrogens with one attached hydrogen (secondary N) is 1. The van der Waals surface area contributed by atoms with Gasteiger partial charge < -0.3 is 4.74 Å². The third kappa shape index (κ3) is 5.55. The van der Waals surface area contributed by atoms with Crippen molar-refractivity contribution >= 4 is 40.6 Å². The number of benzene rings is 2. The smallest absolute Gasteiger partial charge is 0.411 e. The molecule has 7 nitrogen and oxygen atoms in total. The molecule has 2 aromatic carbocycles. The van der Waals surface area contributed by atoms with Crippen LogP contribution in [0.3, 0.4) is 0 Å². The lowest BCUT2D eigenvalue weighted by Gasteiger charge is -2.24. The normalized spacial score (nSPS) is 11.3.